The third kappa shape index (κ3) is 9.23. The normalized spacial score (nSPS) is 15.1. The second kappa shape index (κ2) is 10.0. The van der Waals surface area contributed by atoms with E-state index in [4.69, 9.17) is 10.1 Å². The van der Waals surface area contributed by atoms with Crippen LogP contribution in [-0.4, -0.2) is 55.4 Å². The molecule has 2 N–H and O–H groups in total. The second-order valence-electron chi connectivity index (χ2n) is 5.16. The number of halogens is 3. The smallest absolute Gasteiger partial charge is 0.392 e. The molecule has 0 aliphatic carbocycles. The van der Waals surface area contributed by atoms with E-state index in [1.54, 1.807) is 0 Å². The number of ketones is 1. The van der Waals surface area contributed by atoms with Crippen molar-refractivity contribution in [3.05, 3.63) is 0 Å². The minimum atomic E-state index is -4.50. The van der Waals surface area contributed by atoms with E-state index in [0.29, 0.717) is 6.21 Å². The molecule has 0 aromatic carbocycles. The standard InChI is InChI=1S/C14H21F3N2O5/c1-8(6-14(15,16)17)24-13(22)11(5-4-10(20)7-18)19-12(21)9(2)23-3/h7-9,11,18H,4-6H2,1-3H3,(H,19,21)/t8-,9-,11+/m1/s1. The van der Waals surface area contributed by atoms with Crippen molar-refractivity contribution in [1.29, 1.82) is 5.41 Å². The summed E-state index contributed by atoms with van der Waals surface area (Å²) in [5, 5.41) is 9.06. The van der Waals surface area contributed by atoms with Crippen molar-refractivity contribution in [2.24, 2.45) is 0 Å². The largest absolute Gasteiger partial charge is 0.461 e. The van der Waals surface area contributed by atoms with E-state index in [-0.39, 0.29) is 12.8 Å². The predicted octanol–water partition coefficient (Wildman–Crippen LogP) is 1.39. The summed E-state index contributed by atoms with van der Waals surface area (Å²) in [6.45, 7) is 2.48. The number of hydrogen-bond acceptors (Lipinski definition) is 6. The van der Waals surface area contributed by atoms with E-state index in [9.17, 15) is 27.6 Å². The summed E-state index contributed by atoms with van der Waals surface area (Å²) < 4.78 is 46.3. The van der Waals surface area contributed by atoms with Gasteiger partial charge in [-0.15, -0.1) is 0 Å². The monoisotopic (exact) mass is 354 g/mol. The molecule has 0 bridgehead atoms. The molecule has 0 radical (unpaired) electrons. The minimum absolute atomic E-state index is 0.200. The number of hydrogen-bond donors (Lipinski definition) is 2. The highest BCUT2D eigenvalue weighted by Gasteiger charge is 2.33. The van der Waals surface area contributed by atoms with Gasteiger partial charge in [0.1, 0.15) is 18.2 Å². The number of rotatable bonds is 10. The molecule has 0 aliphatic heterocycles. The number of carbonyl (C=O) groups is 3. The molecule has 0 spiro atoms. The van der Waals surface area contributed by atoms with Gasteiger partial charge in [0, 0.05) is 13.5 Å². The zero-order valence-electron chi connectivity index (χ0n) is 13.6. The lowest BCUT2D eigenvalue weighted by Gasteiger charge is -2.22. The SMILES string of the molecule is CO[C@H](C)C(=O)N[C@@H](CCC(=O)C=N)C(=O)O[C@H](C)CC(F)(F)F. The number of alkyl halides is 3. The molecule has 0 heterocycles. The summed E-state index contributed by atoms with van der Waals surface area (Å²) in [4.78, 5) is 34.9. The molecule has 0 aromatic rings. The molecule has 3 atom stereocenters. The number of amides is 1. The van der Waals surface area contributed by atoms with Crippen LogP contribution in [0.25, 0.3) is 0 Å². The Bertz CT molecular complexity index is 468. The molecule has 0 aromatic heterocycles. The average Bonchev–Trinajstić information content (AvgIpc) is 2.47. The first kappa shape index (κ1) is 22.0. The molecule has 0 fully saturated rings. The van der Waals surface area contributed by atoms with Crippen molar-refractivity contribution < 1.29 is 37.0 Å². The lowest BCUT2D eigenvalue weighted by Crippen LogP contribution is -2.47. The van der Waals surface area contributed by atoms with Gasteiger partial charge in [-0.1, -0.05) is 0 Å². The molecule has 24 heavy (non-hydrogen) atoms. The third-order valence-corrected chi connectivity index (χ3v) is 3.00. The zero-order valence-corrected chi connectivity index (χ0v) is 13.6. The molecule has 10 heteroatoms. The topological polar surface area (TPSA) is 106 Å². The van der Waals surface area contributed by atoms with Gasteiger partial charge in [-0.05, 0) is 20.3 Å². The van der Waals surface area contributed by atoms with Crippen molar-refractivity contribution in [1.82, 2.24) is 5.32 Å². The molecule has 138 valence electrons. The fourth-order valence-electron chi connectivity index (χ4n) is 1.65. The highest BCUT2D eigenvalue weighted by molar-refractivity contribution is 6.26. The summed E-state index contributed by atoms with van der Waals surface area (Å²) in [6, 6.07) is -1.31. The molecule has 0 aliphatic rings. The van der Waals surface area contributed by atoms with Crippen LogP contribution in [-0.2, 0) is 23.9 Å². The first-order valence-electron chi connectivity index (χ1n) is 7.13. The quantitative estimate of drug-likeness (QED) is 0.456. The Hall–Kier alpha value is -1.97. The fraction of sp³-hybridized carbons (Fsp3) is 0.714. The van der Waals surface area contributed by atoms with Crippen molar-refractivity contribution in [2.45, 2.75) is 57.5 Å². The highest BCUT2D eigenvalue weighted by atomic mass is 19.4. The van der Waals surface area contributed by atoms with E-state index in [2.05, 4.69) is 10.1 Å². The number of methoxy groups -OCH3 is 1. The lowest BCUT2D eigenvalue weighted by molar-refractivity contribution is -0.172. The number of ether oxygens (including phenoxy) is 2. The van der Waals surface area contributed by atoms with Crippen molar-refractivity contribution >= 4 is 23.9 Å². The first-order chi connectivity index (χ1) is 11.0. The predicted molar refractivity (Wildman–Crippen MR) is 77.7 cm³/mol. The maximum absolute atomic E-state index is 12.3. The second-order valence-corrected chi connectivity index (χ2v) is 5.16. The Labute approximate surface area is 137 Å². The fourth-order valence-corrected chi connectivity index (χ4v) is 1.65. The molecule has 0 unspecified atom stereocenters. The average molecular weight is 354 g/mol. The number of esters is 1. The van der Waals surface area contributed by atoms with Crippen LogP contribution in [0.3, 0.4) is 0 Å². The van der Waals surface area contributed by atoms with Gasteiger partial charge >= 0.3 is 12.1 Å². The Kier molecular flexibility index (Phi) is 9.19. The number of carbonyl (C=O) groups excluding carboxylic acids is 3. The Morgan fingerprint density at radius 1 is 1.25 bits per heavy atom. The molecular formula is C14H21F3N2O5. The molecule has 0 saturated heterocycles. The summed E-state index contributed by atoms with van der Waals surface area (Å²) in [6.07, 6.45) is -8.05. The maximum Gasteiger partial charge on any atom is 0.392 e. The van der Waals surface area contributed by atoms with E-state index < -0.39 is 48.5 Å². The van der Waals surface area contributed by atoms with Crippen LogP contribution < -0.4 is 5.32 Å². The Balaban J connectivity index is 4.88. The van der Waals surface area contributed by atoms with Gasteiger partial charge in [0.15, 0.2) is 5.78 Å². The number of nitrogens with one attached hydrogen (secondary N) is 2. The summed E-state index contributed by atoms with van der Waals surface area (Å²) in [5.74, 6) is -2.35. The molecular weight excluding hydrogens is 333 g/mol. The van der Waals surface area contributed by atoms with Crippen LogP contribution in [0.2, 0.25) is 0 Å². The zero-order chi connectivity index (χ0) is 18.9. The van der Waals surface area contributed by atoms with Gasteiger partial charge in [-0.25, -0.2) is 4.79 Å². The molecule has 7 nitrogen and oxygen atoms in total. The third-order valence-electron chi connectivity index (χ3n) is 3.00. The van der Waals surface area contributed by atoms with Crippen molar-refractivity contribution in [2.75, 3.05) is 7.11 Å². The Morgan fingerprint density at radius 3 is 2.29 bits per heavy atom. The van der Waals surface area contributed by atoms with Gasteiger partial charge in [0.25, 0.3) is 0 Å². The van der Waals surface area contributed by atoms with E-state index >= 15 is 0 Å². The number of Topliss-reactive ketones (excluding diaryl/α,β-unsaturated/α-hetero) is 1. The van der Waals surface area contributed by atoms with Gasteiger partial charge in [-0.3, -0.25) is 9.59 Å². The summed E-state index contributed by atoms with van der Waals surface area (Å²) in [7, 11) is 1.27. The van der Waals surface area contributed by atoms with Crippen LogP contribution in [0.1, 0.15) is 33.1 Å². The summed E-state index contributed by atoms with van der Waals surface area (Å²) >= 11 is 0. The molecule has 0 rings (SSSR count). The van der Waals surface area contributed by atoms with Crippen molar-refractivity contribution in [3.8, 4) is 0 Å². The minimum Gasteiger partial charge on any atom is -0.461 e. The maximum atomic E-state index is 12.3. The van der Waals surface area contributed by atoms with Crippen LogP contribution in [0.15, 0.2) is 0 Å². The lowest BCUT2D eigenvalue weighted by atomic mass is 10.1. The molecule has 0 saturated carbocycles. The van der Waals surface area contributed by atoms with E-state index in [1.807, 2.05) is 0 Å². The van der Waals surface area contributed by atoms with Gasteiger partial charge in [-0.2, -0.15) is 13.2 Å². The highest BCUT2D eigenvalue weighted by Crippen LogP contribution is 2.23. The van der Waals surface area contributed by atoms with Crippen LogP contribution in [0.5, 0.6) is 0 Å². The Morgan fingerprint density at radius 2 is 1.83 bits per heavy atom. The first-order valence-corrected chi connectivity index (χ1v) is 7.13. The summed E-state index contributed by atoms with van der Waals surface area (Å²) in [5.41, 5.74) is 0. The van der Waals surface area contributed by atoms with E-state index in [1.165, 1.54) is 14.0 Å². The van der Waals surface area contributed by atoms with E-state index in [0.717, 1.165) is 6.92 Å². The van der Waals surface area contributed by atoms with Gasteiger partial charge in [0.05, 0.1) is 12.6 Å². The van der Waals surface area contributed by atoms with Gasteiger partial charge < -0.3 is 20.2 Å². The van der Waals surface area contributed by atoms with Crippen LogP contribution in [0.4, 0.5) is 13.2 Å². The van der Waals surface area contributed by atoms with Crippen LogP contribution >= 0.6 is 0 Å². The van der Waals surface area contributed by atoms with Crippen molar-refractivity contribution in [3.63, 3.8) is 0 Å². The molecule has 1 amide bonds. The van der Waals surface area contributed by atoms with Crippen LogP contribution in [0, 0.1) is 5.41 Å². The van der Waals surface area contributed by atoms with Gasteiger partial charge in [0.2, 0.25) is 5.91 Å².